The Hall–Kier alpha value is -1.20. The first-order valence-corrected chi connectivity index (χ1v) is 13.5. The van der Waals surface area contributed by atoms with Gasteiger partial charge in [0.25, 0.3) is 0 Å². The fourth-order valence-corrected chi connectivity index (χ4v) is 9.20. The van der Waals surface area contributed by atoms with Gasteiger partial charge in [0.05, 0.1) is 24.9 Å². The van der Waals surface area contributed by atoms with Gasteiger partial charge < -0.3 is 9.84 Å². The van der Waals surface area contributed by atoms with Crippen LogP contribution in [0.1, 0.15) is 84.1 Å². The van der Waals surface area contributed by atoms with Crippen molar-refractivity contribution < 1.29 is 14.6 Å². The van der Waals surface area contributed by atoms with Gasteiger partial charge in [-0.05, 0) is 104 Å². The molecule has 4 aliphatic rings. The fourth-order valence-electron chi connectivity index (χ4n) is 9.20. The molecule has 1 aromatic rings. The van der Waals surface area contributed by atoms with Crippen molar-refractivity contribution in [2.75, 3.05) is 13.7 Å². The van der Waals surface area contributed by atoms with Crippen LogP contribution in [0.25, 0.3) is 0 Å². The Bertz CT molecular complexity index is 882. The summed E-state index contributed by atoms with van der Waals surface area (Å²) in [5.74, 6) is 3.34. The van der Waals surface area contributed by atoms with Crippen LogP contribution in [0.15, 0.2) is 12.4 Å². The molecule has 0 bridgehead atoms. The van der Waals surface area contributed by atoms with Crippen LogP contribution >= 0.6 is 0 Å². The minimum atomic E-state index is -0.635. The molecule has 184 valence electrons. The number of hydrogen-bond acceptors (Lipinski definition) is 4. The third kappa shape index (κ3) is 3.82. The Kier molecular flexibility index (Phi) is 6.05. The van der Waals surface area contributed by atoms with Gasteiger partial charge in [-0.15, -0.1) is 0 Å². The van der Waals surface area contributed by atoms with Crippen molar-refractivity contribution in [2.24, 2.45) is 40.4 Å². The number of carbonyl (C=O) groups excluding carboxylic acids is 1. The van der Waals surface area contributed by atoms with Crippen LogP contribution in [0, 0.1) is 40.4 Å². The van der Waals surface area contributed by atoms with Crippen LogP contribution in [0.5, 0.6) is 0 Å². The number of aryl methyl sites for hydroxylation is 1. The summed E-state index contributed by atoms with van der Waals surface area (Å²) in [7, 11) is 1.71. The van der Waals surface area contributed by atoms with Crippen molar-refractivity contribution in [1.82, 2.24) is 9.78 Å². The predicted octanol–water partition coefficient (Wildman–Crippen LogP) is 5.05. The number of aliphatic hydroxyl groups is 1. The quantitative estimate of drug-likeness (QED) is 0.650. The molecular weight excluding hydrogens is 412 g/mol. The number of hydrogen-bond donors (Lipinski definition) is 1. The van der Waals surface area contributed by atoms with Crippen LogP contribution < -0.4 is 0 Å². The van der Waals surface area contributed by atoms with Gasteiger partial charge in [0.15, 0.2) is 5.78 Å². The number of fused-ring (bicyclic) bond motifs is 5. The standard InChI is InChI=1S/C28H44N2O3/c1-5-19-15-29-30(16-19)17-25(31)24-9-8-22-21-7-6-20-14-28(32,18-33-4)13-12-26(20,2)23(21)10-11-27(22,24)3/h15-16,20-24,32H,5-14,17-18H2,1-4H3/t20-,21-,22-,23-,24+,26-,27-,28+/m0/s1. The van der Waals surface area contributed by atoms with E-state index in [1.165, 1.54) is 37.7 Å². The molecule has 0 unspecified atom stereocenters. The molecule has 5 rings (SSSR count). The molecule has 1 N–H and O–H groups in total. The Labute approximate surface area is 199 Å². The van der Waals surface area contributed by atoms with E-state index in [0.29, 0.717) is 36.2 Å². The topological polar surface area (TPSA) is 64.4 Å². The van der Waals surface area contributed by atoms with Gasteiger partial charge in [0.2, 0.25) is 0 Å². The van der Waals surface area contributed by atoms with Crippen molar-refractivity contribution in [1.29, 1.82) is 0 Å². The van der Waals surface area contributed by atoms with E-state index in [-0.39, 0.29) is 11.3 Å². The van der Waals surface area contributed by atoms with Crippen molar-refractivity contribution in [3.8, 4) is 0 Å². The van der Waals surface area contributed by atoms with Gasteiger partial charge in [-0.3, -0.25) is 9.48 Å². The van der Waals surface area contributed by atoms with E-state index in [4.69, 9.17) is 4.74 Å². The summed E-state index contributed by atoms with van der Waals surface area (Å²) in [6.45, 7) is 8.00. The second-order valence-electron chi connectivity index (χ2n) is 12.6. The number of rotatable bonds is 6. The lowest BCUT2D eigenvalue weighted by molar-refractivity contribution is -0.164. The molecule has 0 amide bonds. The largest absolute Gasteiger partial charge is 0.387 e. The van der Waals surface area contributed by atoms with Crippen molar-refractivity contribution in [2.45, 2.75) is 97.1 Å². The van der Waals surface area contributed by atoms with Gasteiger partial charge in [0.1, 0.15) is 0 Å². The zero-order chi connectivity index (χ0) is 23.4. The molecule has 0 saturated heterocycles. The summed E-state index contributed by atoms with van der Waals surface area (Å²) in [5, 5.41) is 15.5. The van der Waals surface area contributed by atoms with Gasteiger partial charge in [0, 0.05) is 19.2 Å². The van der Waals surface area contributed by atoms with Crippen LogP contribution in [0.4, 0.5) is 0 Å². The molecule has 5 nitrogen and oxygen atoms in total. The molecule has 4 saturated carbocycles. The monoisotopic (exact) mass is 456 g/mol. The second kappa shape index (κ2) is 8.48. The highest BCUT2D eigenvalue weighted by molar-refractivity contribution is 5.82. The van der Waals surface area contributed by atoms with Crippen molar-refractivity contribution in [3.05, 3.63) is 18.0 Å². The molecule has 0 aromatic carbocycles. The number of carbonyl (C=O) groups is 1. The molecule has 0 aliphatic heterocycles. The molecule has 0 spiro atoms. The maximum atomic E-state index is 13.5. The molecule has 1 heterocycles. The minimum Gasteiger partial charge on any atom is -0.387 e. The number of Topliss-reactive ketones (excluding diaryl/α,β-unsaturated/α-hetero) is 1. The summed E-state index contributed by atoms with van der Waals surface area (Å²) in [6.07, 6.45) is 15.0. The smallest absolute Gasteiger partial charge is 0.157 e. The summed E-state index contributed by atoms with van der Waals surface area (Å²) >= 11 is 0. The molecule has 1 aromatic heterocycles. The zero-order valence-electron chi connectivity index (χ0n) is 21.2. The Balaban J connectivity index is 1.31. The Morgan fingerprint density at radius 3 is 2.64 bits per heavy atom. The lowest BCUT2D eigenvalue weighted by atomic mass is 9.44. The molecular formula is C28H44N2O3. The Morgan fingerprint density at radius 2 is 1.91 bits per heavy atom. The second-order valence-corrected chi connectivity index (χ2v) is 12.6. The number of aromatic nitrogens is 2. The highest BCUT2D eigenvalue weighted by Crippen LogP contribution is 2.68. The molecule has 0 radical (unpaired) electrons. The maximum Gasteiger partial charge on any atom is 0.157 e. The summed E-state index contributed by atoms with van der Waals surface area (Å²) < 4.78 is 7.23. The van der Waals surface area contributed by atoms with E-state index in [1.807, 2.05) is 17.1 Å². The first kappa shape index (κ1) is 23.5. The van der Waals surface area contributed by atoms with Gasteiger partial charge in [-0.25, -0.2) is 0 Å². The maximum absolute atomic E-state index is 13.5. The lowest BCUT2D eigenvalue weighted by Gasteiger charge is -2.62. The van der Waals surface area contributed by atoms with Crippen molar-refractivity contribution in [3.63, 3.8) is 0 Å². The number of nitrogens with zero attached hydrogens (tertiary/aromatic N) is 2. The van der Waals surface area contributed by atoms with Crippen LogP contribution in [-0.4, -0.2) is 40.0 Å². The average Bonchev–Trinajstić information content (AvgIpc) is 3.38. The van der Waals surface area contributed by atoms with Crippen LogP contribution in [-0.2, 0) is 22.5 Å². The first-order chi connectivity index (χ1) is 15.7. The fraction of sp³-hybridized carbons (Fsp3) is 0.857. The SMILES string of the molecule is CCc1cnn(CC(=O)[C@H]2CC[C@H]3[C@@H]4CC[C@H]5C[C@@](O)(COC)CC[C@]5(C)[C@H]4CC[C@]23C)c1. The van der Waals surface area contributed by atoms with E-state index in [0.717, 1.165) is 43.9 Å². The normalized spacial score (nSPS) is 44.7. The summed E-state index contributed by atoms with van der Waals surface area (Å²) in [5.41, 5.74) is 1.05. The third-order valence-corrected chi connectivity index (χ3v) is 11.0. The highest BCUT2D eigenvalue weighted by atomic mass is 16.5. The molecule has 4 aliphatic carbocycles. The molecule has 4 fully saturated rings. The minimum absolute atomic E-state index is 0.146. The average molecular weight is 457 g/mol. The highest BCUT2D eigenvalue weighted by Gasteiger charge is 2.62. The third-order valence-electron chi connectivity index (χ3n) is 11.0. The van der Waals surface area contributed by atoms with E-state index in [9.17, 15) is 9.90 Å². The first-order valence-electron chi connectivity index (χ1n) is 13.5. The van der Waals surface area contributed by atoms with Crippen LogP contribution in [0.3, 0.4) is 0 Å². The van der Waals surface area contributed by atoms with Crippen molar-refractivity contribution >= 4 is 5.78 Å². The van der Waals surface area contributed by atoms with Gasteiger partial charge in [-0.2, -0.15) is 5.10 Å². The zero-order valence-corrected chi connectivity index (χ0v) is 21.2. The van der Waals surface area contributed by atoms with Crippen LogP contribution in [0.2, 0.25) is 0 Å². The lowest BCUT2D eigenvalue weighted by Crippen LogP contribution is -2.56. The van der Waals surface area contributed by atoms with E-state index in [1.54, 1.807) is 7.11 Å². The van der Waals surface area contributed by atoms with E-state index < -0.39 is 5.60 Å². The number of ether oxygens (including phenoxy) is 1. The molecule has 5 heteroatoms. The summed E-state index contributed by atoms with van der Waals surface area (Å²) in [4.78, 5) is 13.5. The summed E-state index contributed by atoms with van der Waals surface area (Å²) in [6, 6.07) is 0. The Morgan fingerprint density at radius 1 is 1.12 bits per heavy atom. The van der Waals surface area contributed by atoms with E-state index >= 15 is 0 Å². The number of ketones is 1. The predicted molar refractivity (Wildman–Crippen MR) is 129 cm³/mol. The van der Waals surface area contributed by atoms with Gasteiger partial charge in [-0.1, -0.05) is 20.8 Å². The van der Waals surface area contributed by atoms with Gasteiger partial charge >= 0.3 is 0 Å². The number of methoxy groups -OCH3 is 1. The molecule has 33 heavy (non-hydrogen) atoms. The molecule has 8 atom stereocenters. The van der Waals surface area contributed by atoms with E-state index in [2.05, 4.69) is 25.9 Å².